The molecule has 1 aliphatic rings. The van der Waals surface area contributed by atoms with Gasteiger partial charge in [-0.05, 0) is 24.5 Å². The third-order valence-electron chi connectivity index (χ3n) is 2.73. The maximum absolute atomic E-state index is 4.89. The number of benzene rings is 1. The Kier molecular flexibility index (Phi) is 4.06. The average Bonchev–Trinajstić information content (AvgIpc) is 2.22. The maximum Gasteiger partial charge on any atom is 0.0572 e. The summed E-state index contributed by atoms with van der Waals surface area (Å²) in [6.07, 6.45) is 4.14. The van der Waals surface area contributed by atoms with Crippen molar-refractivity contribution in [2.75, 3.05) is 7.11 Å². The zero-order chi connectivity index (χ0) is 10.5. The molecule has 1 aromatic rings. The van der Waals surface area contributed by atoms with E-state index in [9.17, 15) is 0 Å². The van der Waals surface area contributed by atoms with Crippen molar-refractivity contribution in [3.8, 4) is 0 Å². The third kappa shape index (κ3) is 2.97. The summed E-state index contributed by atoms with van der Waals surface area (Å²) in [6.45, 7) is 0.784. The molecule has 1 N–H and O–H groups in total. The van der Waals surface area contributed by atoms with Crippen LogP contribution in [0.25, 0.3) is 0 Å². The van der Waals surface area contributed by atoms with E-state index < -0.39 is 0 Å². The molecule has 0 aromatic heterocycles. The van der Waals surface area contributed by atoms with E-state index >= 15 is 0 Å². The smallest absolute Gasteiger partial charge is 0.0572 e. The fraction of sp³-hybridized carbons (Fsp3) is 0.500. The Morgan fingerprint density at radius 2 is 2.20 bits per heavy atom. The Labute approximate surface area is 95.4 Å². The van der Waals surface area contributed by atoms with Gasteiger partial charge in [-0.1, -0.05) is 24.6 Å². The maximum atomic E-state index is 4.89. The van der Waals surface area contributed by atoms with E-state index in [1.807, 2.05) is 11.8 Å². The molecule has 82 valence electrons. The van der Waals surface area contributed by atoms with Gasteiger partial charge in [-0.15, -0.1) is 11.8 Å². The van der Waals surface area contributed by atoms with Crippen LogP contribution in [0.2, 0.25) is 0 Å². The molecule has 1 aliphatic carbocycles. The van der Waals surface area contributed by atoms with Crippen molar-refractivity contribution in [1.29, 1.82) is 0 Å². The summed E-state index contributed by atoms with van der Waals surface area (Å²) in [5, 5.41) is 0.841. The van der Waals surface area contributed by atoms with Crippen LogP contribution < -0.4 is 5.48 Å². The van der Waals surface area contributed by atoms with E-state index in [1.54, 1.807) is 7.11 Å². The summed E-state index contributed by atoms with van der Waals surface area (Å²) in [5.74, 6) is 0. The van der Waals surface area contributed by atoms with Gasteiger partial charge in [0, 0.05) is 16.7 Å². The van der Waals surface area contributed by atoms with Gasteiger partial charge in [-0.3, -0.25) is 0 Å². The lowest BCUT2D eigenvalue weighted by Gasteiger charge is -2.25. The molecule has 1 fully saturated rings. The predicted molar refractivity (Wildman–Crippen MR) is 63.8 cm³/mol. The highest BCUT2D eigenvalue weighted by Gasteiger charge is 2.19. The molecule has 0 bridgehead atoms. The van der Waals surface area contributed by atoms with Crippen molar-refractivity contribution in [2.45, 2.75) is 36.0 Å². The lowest BCUT2D eigenvalue weighted by molar-refractivity contribution is 0.0862. The van der Waals surface area contributed by atoms with Gasteiger partial charge in [0.05, 0.1) is 7.11 Å². The number of nitrogens with one attached hydrogen (secondary N) is 1. The second-order valence-corrected chi connectivity index (χ2v) is 5.15. The number of rotatable bonds is 5. The molecule has 0 radical (unpaired) electrons. The minimum Gasteiger partial charge on any atom is -0.305 e. The Morgan fingerprint density at radius 1 is 1.40 bits per heavy atom. The predicted octanol–water partition coefficient (Wildman–Crippen LogP) is 2.98. The summed E-state index contributed by atoms with van der Waals surface area (Å²) in [6, 6.07) is 8.55. The van der Waals surface area contributed by atoms with Crippen LogP contribution in [0.5, 0.6) is 0 Å². The van der Waals surface area contributed by atoms with Gasteiger partial charge in [-0.25, -0.2) is 0 Å². The monoisotopic (exact) mass is 223 g/mol. The van der Waals surface area contributed by atoms with E-state index in [2.05, 4.69) is 29.7 Å². The SMILES string of the molecule is CONCc1ccccc1SC1CCC1. The first kappa shape index (κ1) is 11.0. The van der Waals surface area contributed by atoms with E-state index in [0.717, 1.165) is 11.8 Å². The van der Waals surface area contributed by atoms with Crippen LogP contribution in [-0.4, -0.2) is 12.4 Å². The van der Waals surface area contributed by atoms with Gasteiger partial charge in [-0.2, -0.15) is 5.48 Å². The van der Waals surface area contributed by atoms with E-state index in [4.69, 9.17) is 4.84 Å². The Morgan fingerprint density at radius 3 is 2.87 bits per heavy atom. The second-order valence-electron chi connectivity index (χ2n) is 3.80. The zero-order valence-electron chi connectivity index (χ0n) is 9.03. The lowest BCUT2D eigenvalue weighted by Crippen LogP contribution is -2.15. The molecule has 0 heterocycles. The van der Waals surface area contributed by atoms with Crippen LogP contribution >= 0.6 is 11.8 Å². The van der Waals surface area contributed by atoms with E-state index in [-0.39, 0.29) is 0 Å². The molecule has 0 amide bonds. The highest BCUT2D eigenvalue weighted by molar-refractivity contribution is 8.00. The van der Waals surface area contributed by atoms with Crippen LogP contribution in [-0.2, 0) is 11.4 Å². The molecule has 0 unspecified atom stereocenters. The summed E-state index contributed by atoms with van der Waals surface area (Å²) in [5.41, 5.74) is 4.23. The Bertz CT molecular complexity index is 312. The summed E-state index contributed by atoms with van der Waals surface area (Å²) in [7, 11) is 1.65. The van der Waals surface area contributed by atoms with Crippen molar-refractivity contribution in [1.82, 2.24) is 5.48 Å². The molecule has 0 aliphatic heterocycles. The quantitative estimate of drug-likeness (QED) is 0.775. The minimum absolute atomic E-state index is 0.784. The molecular formula is C12H17NOS. The number of hydrogen-bond acceptors (Lipinski definition) is 3. The number of hydroxylamine groups is 1. The van der Waals surface area contributed by atoms with Crippen molar-refractivity contribution in [3.63, 3.8) is 0 Å². The summed E-state index contributed by atoms with van der Waals surface area (Å²) < 4.78 is 0. The Balaban J connectivity index is 1.99. The Hall–Kier alpha value is -0.510. The summed E-state index contributed by atoms with van der Waals surface area (Å²) in [4.78, 5) is 6.28. The van der Waals surface area contributed by atoms with Crippen LogP contribution in [0.4, 0.5) is 0 Å². The first-order chi connectivity index (χ1) is 7.40. The molecule has 0 spiro atoms. The normalized spacial score (nSPS) is 16.3. The summed E-state index contributed by atoms with van der Waals surface area (Å²) >= 11 is 2.01. The van der Waals surface area contributed by atoms with Crippen LogP contribution in [0.3, 0.4) is 0 Å². The first-order valence-corrected chi connectivity index (χ1v) is 6.28. The molecule has 3 heteroatoms. The molecule has 1 saturated carbocycles. The molecule has 2 nitrogen and oxygen atoms in total. The fourth-order valence-corrected chi connectivity index (χ4v) is 2.96. The zero-order valence-corrected chi connectivity index (χ0v) is 9.85. The van der Waals surface area contributed by atoms with Crippen molar-refractivity contribution in [3.05, 3.63) is 29.8 Å². The second kappa shape index (κ2) is 5.54. The van der Waals surface area contributed by atoms with Gasteiger partial charge in [0.1, 0.15) is 0 Å². The third-order valence-corrected chi connectivity index (χ3v) is 4.18. The molecule has 15 heavy (non-hydrogen) atoms. The van der Waals surface area contributed by atoms with Crippen molar-refractivity contribution in [2.24, 2.45) is 0 Å². The molecule has 0 atom stereocenters. The lowest BCUT2D eigenvalue weighted by atomic mass is 10.00. The van der Waals surface area contributed by atoms with E-state index in [0.29, 0.717) is 0 Å². The van der Waals surface area contributed by atoms with Gasteiger partial charge in [0.25, 0.3) is 0 Å². The standard InChI is InChI=1S/C12H17NOS/c1-14-13-9-10-5-2-3-8-12(10)15-11-6-4-7-11/h2-3,5,8,11,13H,4,6-7,9H2,1H3. The molecule has 0 saturated heterocycles. The highest BCUT2D eigenvalue weighted by atomic mass is 32.2. The van der Waals surface area contributed by atoms with Crippen molar-refractivity contribution < 1.29 is 4.84 Å². The van der Waals surface area contributed by atoms with Gasteiger partial charge in [0.2, 0.25) is 0 Å². The minimum atomic E-state index is 0.784. The molecule has 2 rings (SSSR count). The van der Waals surface area contributed by atoms with Crippen LogP contribution in [0.15, 0.2) is 29.2 Å². The van der Waals surface area contributed by atoms with Crippen molar-refractivity contribution >= 4 is 11.8 Å². The molecular weight excluding hydrogens is 206 g/mol. The van der Waals surface area contributed by atoms with E-state index in [1.165, 1.54) is 29.7 Å². The fourth-order valence-electron chi connectivity index (χ4n) is 1.58. The largest absolute Gasteiger partial charge is 0.305 e. The van der Waals surface area contributed by atoms with Gasteiger partial charge >= 0.3 is 0 Å². The van der Waals surface area contributed by atoms with Gasteiger partial charge in [0.15, 0.2) is 0 Å². The highest BCUT2D eigenvalue weighted by Crippen LogP contribution is 2.37. The average molecular weight is 223 g/mol. The number of thioether (sulfide) groups is 1. The van der Waals surface area contributed by atoms with Crippen LogP contribution in [0, 0.1) is 0 Å². The van der Waals surface area contributed by atoms with Crippen LogP contribution in [0.1, 0.15) is 24.8 Å². The van der Waals surface area contributed by atoms with Gasteiger partial charge < -0.3 is 4.84 Å². The first-order valence-electron chi connectivity index (χ1n) is 5.40. The molecule has 1 aromatic carbocycles. The number of hydrogen-bond donors (Lipinski definition) is 1. The topological polar surface area (TPSA) is 21.3 Å².